The number of aliphatic carboxylic acids is 1. The largest absolute Gasteiger partial charge is 0.481 e. The van der Waals surface area contributed by atoms with Crippen LogP contribution in [0.3, 0.4) is 0 Å². The van der Waals surface area contributed by atoms with Gasteiger partial charge in [-0.15, -0.1) is 0 Å². The second-order valence-corrected chi connectivity index (χ2v) is 5.98. The minimum atomic E-state index is -0.747. The zero-order valence-corrected chi connectivity index (χ0v) is 11.4. The normalized spacial score (nSPS) is 13.5. The summed E-state index contributed by atoms with van der Waals surface area (Å²) in [4.78, 5) is 10.9. The van der Waals surface area contributed by atoms with E-state index in [0.29, 0.717) is 0 Å². The minimum absolute atomic E-state index is 0.0399. The Morgan fingerprint density at radius 1 is 1.31 bits per heavy atom. The molecule has 1 rings (SSSR count). The Balaban J connectivity index is 3.01. The summed E-state index contributed by atoms with van der Waals surface area (Å²) in [6.07, 6.45) is 0.172. The third-order valence-electron chi connectivity index (χ3n) is 2.70. The first-order chi connectivity index (χ1) is 7.30. The molecule has 0 saturated heterocycles. The van der Waals surface area contributed by atoms with Gasteiger partial charge in [0.05, 0.1) is 6.42 Å². The van der Waals surface area contributed by atoms with E-state index in [1.807, 2.05) is 24.3 Å². The average molecular weight is 285 g/mol. The molecule has 0 saturated carbocycles. The fraction of sp³-hybridized carbons (Fsp3) is 0.462. The van der Waals surface area contributed by atoms with Gasteiger partial charge in [0.2, 0.25) is 0 Å². The fourth-order valence-corrected chi connectivity index (χ4v) is 2.06. The van der Waals surface area contributed by atoms with Crippen LogP contribution in [0.2, 0.25) is 0 Å². The summed E-state index contributed by atoms with van der Waals surface area (Å²) >= 11 is 3.38. The third-order valence-corrected chi connectivity index (χ3v) is 3.23. The molecule has 0 aliphatic heterocycles. The van der Waals surface area contributed by atoms with E-state index in [0.717, 1.165) is 10.0 Å². The van der Waals surface area contributed by atoms with Crippen LogP contribution in [0.1, 0.15) is 38.7 Å². The van der Waals surface area contributed by atoms with Crippen LogP contribution in [0.25, 0.3) is 0 Å². The predicted octanol–water partition coefficient (Wildman–Crippen LogP) is 4.05. The van der Waals surface area contributed by atoms with E-state index in [1.54, 1.807) is 0 Å². The SMILES string of the molecule is CC(C)(C)[C@H](CC(=O)O)c1ccc(Br)cc1. The zero-order chi connectivity index (χ0) is 12.3. The molecular formula is C13H17BrO2. The molecule has 88 valence electrons. The van der Waals surface area contributed by atoms with Gasteiger partial charge in [-0.05, 0) is 29.0 Å². The summed E-state index contributed by atoms with van der Waals surface area (Å²) in [6, 6.07) is 7.89. The lowest BCUT2D eigenvalue weighted by Crippen LogP contribution is -2.21. The van der Waals surface area contributed by atoms with E-state index in [9.17, 15) is 4.79 Å². The van der Waals surface area contributed by atoms with Gasteiger partial charge in [-0.1, -0.05) is 48.8 Å². The first-order valence-electron chi connectivity index (χ1n) is 5.28. The summed E-state index contributed by atoms with van der Waals surface area (Å²) in [7, 11) is 0. The Bertz CT molecular complexity index is 363. The van der Waals surface area contributed by atoms with Gasteiger partial charge >= 0.3 is 5.97 Å². The number of hydrogen-bond donors (Lipinski definition) is 1. The maximum atomic E-state index is 10.9. The Kier molecular flexibility index (Phi) is 4.14. The quantitative estimate of drug-likeness (QED) is 0.909. The van der Waals surface area contributed by atoms with Gasteiger partial charge in [0, 0.05) is 4.47 Å². The van der Waals surface area contributed by atoms with Crippen LogP contribution in [-0.2, 0) is 4.79 Å². The maximum absolute atomic E-state index is 10.9. The maximum Gasteiger partial charge on any atom is 0.303 e. The minimum Gasteiger partial charge on any atom is -0.481 e. The molecule has 1 N–H and O–H groups in total. The van der Waals surface area contributed by atoms with Gasteiger partial charge in [-0.25, -0.2) is 0 Å². The molecule has 0 heterocycles. The average Bonchev–Trinajstić information content (AvgIpc) is 2.14. The van der Waals surface area contributed by atoms with Crippen molar-refractivity contribution >= 4 is 21.9 Å². The monoisotopic (exact) mass is 284 g/mol. The lowest BCUT2D eigenvalue weighted by atomic mass is 9.75. The van der Waals surface area contributed by atoms with Crippen LogP contribution in [0.5, 0.6) is 0 Å². The summed E-state index contributed by atoms with van der Waals surface area (Å²) in [6.45, 7) is 6.22. The van der Waals surface area contributed by atoms with Crippen molar-refractivity contribution in [2.24, 2.45) is 5.41 Å². The molecule has 0 spiro atoms. The van der Waals surface area contributed by atoms with Crippen LogP contribution in [0, 0.1) is 5.41 Å². The van der Waals surface area contributed by atoms with Crippen molar-refractivity contribution in [3.05, 3.63) is 34.3 Å². The van der Waals surface area contributed by atoms with Crippen LogP contribution in [0.4, 0.5) is 0 Å². The van der Waals surface area contributed by atoms with E-state index in [4.69, 9.17) is 5.11 Å². The Morgan fingerprint density at radius 3 is 2.19 bits per heavy atom. The van der Waals surface area contributed by atoms with Crippen molar-refractivity contribution in [1.82, 2.24) is 0 Å². The summed E-state index contributed by atoms with van der Waals surface area (Å²) in [5, 5.41) is 8.95. The van der Waals surface area contributed by atoms with Crippen LogP contribution >= 0.6 is 15.9 Å². The van der Waals surface area contributed by atoms with Gasteiger partial charge in [-0.3, -0.25) is 4.79 Å². The first-order valence-corrected chi connectivity index (χ1v) is 6.07. The molecule has 2 nitrogen and oxygen atoms in total. The zero-order valence-electron chi connectivity index (χ0n) is 9.83. The highest BCUT2D eigenvalue weighted by Gasteiger charge is 2.28. The highest BCUT2D eigenvalue weighted by molar-refractivity contribution is 9.10. The van der Waals surface area contributed by atoms with Gasteiger partial charge in [-0.2, -0.15) is 0 Å². The molecule has 3 heteroatoms. The molecule has 0 bridgehead atoms. The third kappa shape index (κ3) is 3.63. The van der Waals surface area contributed by atoms with Crippen molar-refractivity contribution in [2.45, 2.75) is 33.1 Å². The van der Waals surface area contributed by atoms with Gasteiger partial charge < -0.3 is 5.11 Å². The molecule has 0 aliphatic rings. The molecule has 0 fully saturated rings. The topological polar surface area (TPSA) is 37.3 Å². The Labute approximate surface area is 105 Å². The van der Waals surface area contributed by atoms with Crippen LogP contribution in [-0.4, -0.2) is 11.1 Å². The van der Waals surface area contributed by atoms with Crippen molar-refractivity contribution in [3.63, 3.8) is 0 Å². The van der Waals surface area contributed by atoms with Crippen LogP contribution in [0.15, 0.2) is 28.7 Å². The predicted molar refractivity (Wildman–Crippen MR) is 68.6 cm³/mol. The smallest absolute Gasteiger partial charge is 0.303 e. The molecule has 16 heavy (non-hydrogen) atoms. The Hall–Kier alpha value is -0.830. The number of rotatable bonds is 3. The van der Waals surface area contributed by atoms with E-state index in [1.165, 1.54) is 0 Å². The van der Waals surface area contributed by atoms with E-state index in [2.05, 4.69) is 36.7 Å². The standard InChI is InChI=1S/C13H17BrO2/c1-13(2,3)11(8-12(15)16)9-4-6-10(14)7-5-9/h4-7,11H,8H2,1-3H3,(H,15,16)/t11-/m1/s1. The lowest BCUT2D eigenvalue weighted by Gasteiger charge is -2.30. The van der Waals surface area contributed by atoms with E-state index < -0.39 is 5.97 Å². The number of carbonyl (C=O) groups is 1. The first kappa shape index (κ1) is 13.2. The highest BCUT2D eigenvalue weighted by atomic mass is 79.9. The van der Waals surface area contributed by atoms with Gasteiger partial charge in [0.15, 0.2) is 0 Å². The van der Waals surface area contributed by atoms with Crippen molar-refractivity contribution < 1.29 is 9.90 Å². The summed E-state index contributed by atoms with van der Waals surface area (Å²) < 4.78 is 1.01. The molecule has 1 atom stereocenters. The molecule has 0 amide bonds. The molecule has 0 radical (unpaired) electrons. The number of hydrogen-bond acceptors (Lipinski definition) is 1. The van der Waals surface area contributed by atoms with Crippen molar-refractivity contribution in [3.8, 4) is 0 Å². The lowest BCUT2D eigenvalue weighted by molar-refractivity contribution is -0.138. The second kappa shape index (κ2) is 5.00. The number of halogens is 1. The van der Waals surface area contributed by atoms with E-state index >= 15 is 0 Å². The highest BCUT2D eigenvalue weighted by Crippen LogP contribution is 2.37. The molecule has 0 aliphatic carbocycles. The Morgan fingerprint density at radius 2 is 1.81 bits per heavy atom. The molecule has 1 aromatic carbocycles. The second-order valence-electron chi connectivity index (χ2n) is 5.07. The number of carboxylic acid groups (broad SMARTS) is 1. The van der Waals surface area contributed by atoms with Crippen molar-refractivity contribution in [1.29, 1.82) is 0 Å². The molecular weight excluding hydrogens is 268 g/mol. The van der Waals surface area contributed by atoms with Crippen LogP contribution < -0.4 is 0 Å². The van der Waals surface area contributed by atoms with E-state index in [-0.39, 0.29) is 17.8 Å². The van der Waals surface area contributed by atoms with Crippen molar-refractivity contribution in [2.75, 3.05) is 0 Å². The summed E-state index contributed by atoms with van der Waals surface area (Å²) in [5.41, 5.74) is 1.03. The molecule has 0 unspecified atom stereocenters. The van der Waals surface area contributed by atoms with Gasteiger partial charge in [0.1, 0.15) is 0 Å². The number of carboxylic acids is 1. The summed E-state index contributed by atoms with van der Waals surface area (Å²) in [5.74, 6) is -0.707. The van der Waals surface area contributed by atoms with Gasteiger partial charge in [0.25, 0.3) is 0 Å². The fourth-order valence-electron chi connectivity index (χ4n) is 1.79. The molecule has 1 aromatic rings. The number of benzene rings is 1. The molecule has 0 aromatic heterocycles.